The Labute approximate surface area is 75.2 Å². The van der Waals surface area contributed by atoms with Crippen molar-refractivity contribution in [3.05, 3.63) is 17.6 Å². The van der Waals surface area contributed by atoms with Crippen LogP contribution in [-0.2, 0) is 5.67 Å². The van der Waals surface area contributed by atoms with Crippen molar-refractivity contribution in [3.8, 4) is 6.07 Å². The summed E-state index contributed by atoms with van der Waals surface area (Å²) in [6, 6.07) is 1.76. The number of aromatic nitrogens is 2. The lowest BCUT2D eigenvalue weighted by atomic mass is 10.1. The molecule has 68 valence electrons. The number of hydrogen-bond donors (Lipinski definition) is 1. The third-order valence-electron chi connectivity index (χ3n) is 1.46. The molecule has 1 rings (SSSR count). The molecule has 2 N–H and O–H groups in total. The number of hydrogen-bond acceptors (Lipinski definition) is 4. The highest BCUT2D eigenvalue weighted by Crippen LogP contribution is 2.24. The minimum absolute atomic E-state index is 0.0185. The minimum atomic E-state index is -1.70. The summed E-state index contributed by atoms with van der Waals surface area (Å²) in [4.78, 5) is 7.41. The molecule has 4 nitrogen and oxygen atoms in total. The van der Waals surface area contributed by atoms with Crippen molar-refractivity contribution < 1.29 is 4.39 Å². The van der Waals surface area contributed by atoms with Gasteiger partial charge in [-0.3, -0.25) is 0 Å². The zero-order chi connectivity index (χ0) is 10.1. The van der Waals surface area contributed by atoms with Crippen LogP contribution in [0.5, 0.6) is 0 Å². The SMILES string of the molecule is CC(C)(F)c1nc(N)cnc1C#N. The average Bonchev–Trinajstić information content (AvgIpc) is 2.03. The van der Waals surface area contributed by atoms with Gasteiger partial charge in [0.15, 0.2) is 5.69 Å². The average molecular weight is 180 g/mol. The van der Waals surface area contributed by atoms with Gasteiger partial charge in [0.05, 0.1) is 6.20 Å². The lowest BCUT2D eigenvalue weighted by Gasteiger charge is -2.13. The molecule has 1 heterocycles. The van der Waals surface area contributed by atoms with Gasteiger partial charge in [-0.1, -0.05) is 0 Å². The Morgan fingerprint density at radius 3 is 2.69 bits per heavy atom. The number of nitrogens with two attached hydrogens (primary N) is 1. The van der Waals surface area contributed by atoms with E-state index in [1.165, 1.54) is 20.0 Å². The van der Waals surface area contributed by atoms with E-state index in [4.69, 9.17) is 11.0 Å². The Bertz CT molecular complexity index is 361. The molecule has 0 unspecified atom stereocenters. The Morgan fingerprint density at radius 1 is 1.62 bits per heavy atom. The van der Waals surface area contributed by atoms with Crippen LogP contribution in [0.15, 0.2) is 6.20 Å². The van der Waals surface area contributed by atoms with E-state index in [1.807, 2.05) is 0 Å². The smallest absolute Gasteiger partial charge is 0.165 e. The molecule has 1 aromatic rings. The van der Waals surface area contributed by atoms with E-state index in [-0.39, 0.29) is 17.2 Å². The van der Waals surface area contributed by atoms with Gasteiger partial charge < -0.3 is 5.73 Å². The second-order valence-electron chi connectivity index (χ2n) is 3.08. The standard InChI is InChI=1S/C8H9FN4/c1-8(2,9)7-5(3-10)12-4-6(11)13-7/h4H,1-2H3,(H2,11,13). The Hall–Kier alpha value is -1.70. The molecule has 0 radical (unpaired) electrons. The number of alkyl halides is 1. The first-order chi connectivity index (χ1) is 5.95. The molecule has 5 heteroatoms. The van der Waals surface area contributed by atoms with Gasteiger partial charge in [0.2, 0.25) is 0 Å². The molecule has 1 aromatic heterocycles. The van der Waals surface area contributed by atoms with E-state index >= 15 is 0 Å². The van der Waals surface area contributed by atoms with Gasteiger partial charge in [-0.15, -0.1) is 0 Å². The van der Waals surface area contributed by atoms with Gasteiger partial charge in [-0.05, 0) is 13.8 Å². The van der Waals surface area contributed by atoms with Crippen LogP contribution in [0.25, 0.3) is 0 Å². The fourth-order valence-electron chi connectivity index (χ4n) is 0.899. The van der Waals surface area contributed by atoms with Crippen molar-refractivity contribution >= 4 is 5.82 Å². The molecule has 0 atom stereocenters. The Kier molecular flexibility index (Phi) is 2.15. The topological polar surface area (TPSA) is 75.6 Å². The lowest BCUT2D eigenvalue weighted by molar-refractivity contribution is 0.213. The summed E-state index contributed by atoms with van der Waals surface area (Å²) in [5.74, 6) is 0.111. The zero-order valence-corrected chi connectivity index (χ0v) is 7.37. The van der Waals surface area contributed by atoms with Crippen molar-refractivity contribution in [1.82, 2.24) is 9.97 Å². The Morgan fingerprint density at radius 2 is 2.23 bits per heavy atom. The van der Waals surface area contributed by atoms with Gasteiger partial charge in [0, 0.05) is 0 Å². The molecule has 0 saturated carbocycles. The van der Waals surface area contributed by atoms with Crippen molar-refractivity contribution in [2.75, 3.05) is 5.73 Å². The highest BCUT2D eigenvalue weighted by molar-refractivity contribution is 5.35. The molecular formula is C8H9FN4. The van der Waals surface area contributed by atoms with Gasteiger partial charge in [0.1, 0.15) is 23.2 Å². The van der Waals surface area contributed by atoms with Crippen LogP contribution in [0.2, 0.25) is 0 Å². The number of anilines is 1. The highest BCUT2D eigenvalue weighted by Gasteiger charge is 2.25. The quantitative estimate of drug-likeness (QED) is 0.703. The summed E-state index contributed by atoms with van der Waals surface area (Å²) in [7, 11) is 0. The van der Waals surface area contributed by atoms with E-state index in [9.17, 15) is 4.39 Å². The molecule has 0 fully saturated rings. The van der Waals surface area contributed by atoms with Crippen LogP contribution in [0.1, 0.15) is 25.2 Å². The van der Waals surface area contributed by atoms with Crippen LogP contribution in [0, 0.1) is 11.3 Å². The van der Waals surface area contributed by atoms with Crippen LogP contribution in [-0.4, -0.2) is 9.97 Å². The second-order valence-corrected chi connectivity index (χ2v) is 3.08. The third-order valence-corrected chi connectivity index (χ3v) is 1.46. The molecule has 0 amide bonds. The predicted molar refractivity (Wildman–Crippen MR) is 45.3 cm³/mol. The third kappa shape index (κ3) is 1.90. The maximum atomic E-state index is 13.4. The van der Waals surface area contributed by atoms with E-state index in [0.29, 0.717) is 0 Å². The molecule has 0 bridgehead atoms. The second kappa shape index (κ2) is 2.98. The normalized spacial score (nSPS) is 10.9. The van der Waals surface area contributed by atoms with Crippen molar-refractivity contribution in [2.45, 2.75) is 19.5 Å². The van der Waals surface area contributed by atoms with Crippen LogP contribution >= 0.6 is 0 Å². The monoisotopic (exact) mass is 180 g/mol. The van der Waals surface area contributed by atoms with Crippen molar-refractivity contribution in [1.29, 1.82) is 5.26 Å². The molecule has 0 aromatic carbocycles. The van der Waals surface area contributed by atoms with Gasteiger partial charge >= 0.3 is 0 Å². The summed E-state index contributed by atoms with van der Waals surface area (Å²) < 4.78 is 13.4. The molecule has 0 aliphatic carbocycles. The van der Waals surface area contributed by atoms with Crippen LogP contribution < -0.4 is 5.73 Å². The number of rotatable bonds is 1. The fourth-order valence-corrected chi connectivity index (χ4v) is 0.899. The first kappa shape index (κ1) is 9.39. The van der Waals surface area contributed by atoms with E-state index < -0.39 is 5.67 Å². The molecule has 0 aliphatic heterocycles. The number of nitrogen functional groups attached to an aromatic ring is 1. The van der Waals surface area contributed by atoms with E-state index in [1.54, 1.807) is 6.07 Å². The van der Waals surface area contributed by atoms with Gasteiger partial charge in [-0.2, -0.15) is 5.26 Å². The van der Waals surface area contributed by atoms with Gasteiger partial charge in [0.25, 0.3) is 0 Å². The van der Waals surface area contributed by atoms with E-state index in [2.05, 4.69) is 9.97 Å². The van der Waals surface area contributed by atoms with Crippen molar-refractivity contribution in [3.63, 3.8) is 0 Å². The molecule has 0 saturated heterocycles. The maximum Gasteiger partial charge on any atom is 0.165 e. The molecule has 0 aliphatic rings. The van der Waals surface area contributed by atoms with E-state index in [0.717, 1.165) is 0 Å². The summed E-state index contributed by atoms with van der Waals surface area (Å²) >= 11 is 0. The fraction of sp³-hybridized carbons (Fsp3) is 0.375. The highest BCUT2D eigenvalue weighted by atomic mass is 19.1. The maximum absolute atomic E-state index is 13.4. The summed E-state index contributed by atoms with van der Waals surface area (Å²) in [5, 5.41) is 8.61. The first-order valence-electron chi connectivity index (χ1n) is 3.67. The summed E-state index contributed by atoms with van der Waals surface area (Å²) in [6.45, 7) is 2.61. The zero-order valence-electron chi connectivity index (χ0n) is 7.37. The first-order valence-corrected chi connectivity index (χ1v) is 3.67. The van der Waals surface area contributed by atoms with Gasteiger partial charge in [-0.25, -0.2) is 14.4 Å². The molecule has 0 spiro atoms. The van der Waals surface area contributed by atoms with Crippen LogP contribution in [0.3, 0.4) is 0 Å². The molecular weight excluding hydrogens is 171 g/mol. The van der Waals surface area contributed by atoms with Crippen LogP contribution in [0.4, 0.5) is 10.2 Å². The number of nitriles is 1. The summed E-state index contributed by atoms with van der Waals surface area (Å²) in [6.07, 6.45) is 1.23. The molecule has 13 heavy (non-hydrogen) atoms. The minimum Gasteiger partial charge on any atom is -0.382 e. The predicted octanol–water partition coefficient (Wildman–Crippen LogP) is 1.14. The lowest BCUT2D eigenvalue weighted by Crippen LogP contribution is -2.16. The largest absolute Gasteiger partial charge is 0.382 e. The van der Waals surface area contributed by atoms with Crippen molar-refractivity contribution in [2.24, 2.45) is 0 Å². The number of nitrogens with zero attached hydrogens (tertiary/aromatic N) is 3. The number of halogens is 1. The summed E-state index contributed by atoms with van der Waals surface area (Å²) in [5.41, 5.74) is 3.58. The Balaban J connectivity index is 3.35.